The molecule has 1 amide bonds. The number of ether oxygens (including phenoxy) is 1. The lowest BCUT2D eigenvalue weighted by molar-refractivity contribution is 0.102. The lowest BCUT2D eigenvalue weighted by Crippen LogP contribution is -2.40. The van der Waals surface area contributed by atoms with Crippen LogP contribution in [0.25, 0.3) is 0 Å². The molecule has 0 aliphatic rings. The molecule has 8 heteroatoms. The molecule has 1 heterocycles. The number of nitrogens with zero attached hydrogens (tertiary/aromatic N) is 2. The first kappa shape index (κ1) is 15.4. The van der Waals surface area contributed by atoms with Gasteiger partial charge in [0.05, 0.1) is 12.7 Å². The molecule has 0 saturated carbocycles. The average Bonchev–Trinajstić information content (AvgIpc) is 2.54. The molecular formula is C14H16N4O4. The second-order valence-electron chi connectivity index (χ2n) is 4.62. The first-order valence-corrected chi connectivity index (χ1v) is 6.38. The summed E-state index contributed by atoms with van der Waals surface area (Å²) in [5, 5.41) is 2.44. The molecule has 0 spiro atoms. The summed E-state index contributed by atoms with van der Waals surface area (Å²) in [6.07, 6.45) is 0. The average molecular weight is 304 g/mol. The Hall–Kier alpha value is -3.03. The van der Waals surface area contributed by atoms with Crippen LogP contribution in [0.15, 0.2) is 33.9 Å². The van der Waals surface area contributed by atoms with E-state index in [0.717, 1.165) is 9.13 Å². The normalized spacial score (nSPS) is 10.3. The molecule has 8 nitrogen and oxygen atoms in total. The van der Waals surface area contributed by atoms with Crippen molar-refractivity contribution in [3.63, 3.8) is 0 Å². The van der Waals surface area contributed by atoms with Gasteiger partial charge in [0.1, 0.15) is 17.3 Å². The van der Waals surface area contributed by atoms with Crippen LogP contribution in [-0.4, -0.2) is 22.2 Å². The van der Waals surface area contributed by atoms with E-state index in [0.29, 0.717) is 5.75 Å². The first-order chi connectivity index (χ1) is 10.4. The summed E-state index contributed by atoms with van der Waals surface area (Å²) < 4.78 is 7.05. The molecule has 0 aliphatic carbocycles. The summed E-state index contributed by atoms with van der Waals surface area (Å²) in [5.41, 5.74) is 4.60. The van der Waals surface area contributed by atoms with Crippen molar-refractivity contribution < 1.29 is 9.53 Å². The summed E-state index contributed by atoms with van der Waals surface area (Å²) in [4.78, 5) is 36.2. The Labute approximate surface area is 125 Å². The van der Waals surface area contributed by atoms with Crippen molar-refractivity contribution in [1.82, 2.24) is 9.13 Å². The largest absolute Gasteiger partial charge is 0.496 e. The molecule has 0 saturated heterocycles. The van der Waals surface area contributed by atoms with Crippen molar-refractivity contribution in [3.05, 3.63) is 50.7 Å². The Morgan fingerprint density at radius 1 is 1.18 bits per heavy atom. The van der Waals surface area contributed by atoms with Crippen molar-refractivity contribution in [2.45, 2.75) is 0 Å². The van der Waals surface area contributed by atoms with Gasteiger partial charge in [0, 0.05) is 14.1 Å². The Bertz CT molecular complexity index is 851. The predicted molar refractivity (Wildman–Crippen MR) is 82.3 cm³/mol. The van der Waals surface area contributed by atoms with Crippen LogP contribution in [0.5, 0.6) is 5.75 Å². The molecule has 0 atom stereocenters. The minimum Gasteiger partial charge on any atom is -0.496 e. The predicted octanol–water partition coefficient (Wildman–Crippen LogP) is -0.0729. The third-order valence-corrected chi connectivity index (χ3v) is 3.30. The van der Waals surface area contributed by atoms with Crippen LogP contribution >= 0.6 is 0 Å². The fourth-order valence-electron chi connectivity index (χ4n) is 1.99. The van der Waals surface area contributed by atoms with E-state index in [9.17, 15) is 14.4 Å². The number of nitrogen functional groups attached to an aromatic ring is 1. The highest BCUT2D eigenvalue weighted by molar-refractivity contribution is 6.07. The Balaban J connectivity index is 2.50. The molecule has 0 bridgehead atoms. The number of nitrogens with two attached hydrogens (primary N) is 1. The van der Waals surface area contributed by atoms with Crippen LogP contribution in [0, 0.1) is 0 Å². The first-order valence-electron chi connectivity index (χ1n) is 6.38. The zero-order chi connectivity index (χ0) is 16.4. The molecule has 1 aromatic carbocycles. The number of amides is 1. The fraction of sp³-hybridized carbons (Fsp3) is 0.214. The number of hydrogen-bond acceptors (Lipinski definition) is 5. The van der Waals surface area contributed by atoms with Crippen LogP contribution in [0.2, 0.25) is 0 Å². The van der Waals surface area contributed by atoms with Gasteiger partial charge in [-0.3, -0.25) is 18.7 Å². The molecule has 3 N–H and O–H groups in total. The van der Waals surface area contributed by atoms with Crippen molar-refractivity contribution >= 4 is 17.4 Å². The maximum absolute atomic E-state index is 12.3. The highest BCUT2D eigenvalue weighted by Gasteiger charge is 2.18. The van der Waals surface area contributed by atoms with Crippen molar-refractivity contribution in [2.24, 2.45) is 14.1 Å². The molecular weight excluding hydrogens is 288 g/mol. The van der Waals surface area contributed by atoms with Crippen molar-refractivity contribution in [1.29, 1.82) is 0 Å². The third-order valence-electron chi connectivity index (χ3n) is 3.30. The van der Waals surface area contributed by atoms with E-state index < -0.39 is 17.2 Å². The van der Waals surface area contributed by atoms with Crippen molar-refractivity contribution in [3.8, 4) is 5.75 Å². The zero-order valence-corrected chi connectivity index (χ0v) is 12.4. The highest BCUT2D eigenvalue weighted by Crippen LogP contribution is 2.19. The summed E-state index contributed by atoms with van der Waals surface area (Å²) >= 11 is 0. The number of carbonyl (C=O) groups excluding carboxylic acids is 1. The number of rotatable bonds is 3. The van der Waals surface area contributed by atoms with Gasteiger partial charge in [0.2, 0.25) is 0 Å². The van der Waals surface area contributed by atoms with Crippen LogP contribution in [0.1, 0.15) is 10.4 Å². The molecule has 2 rings (SSSR count). The number of carbonyl (C=O) groups is 1. The van der Waals surface area contributed by atoms with Gasteiger partial charge >= 0.3 is 5.69 Å². The molecule has 2 aromatic rings. The highest BCUT2D eigenvalue weighted by atomic mass is 16.5. The van der Waals surface area contributed by atoms with E-state index in [1.165, 1.54) is 21.2 Å². The number of aromatic nitrogens is 2. The maximum Gasteiger partial charge on any atom is 0.332 e. The van der Waals surface area contributed by atoms with Crippen LogP contribution in [0.3, 0.4) is 0 Å². The van der Waals surface area contributed by atoms with Gasteiger partial charge in [-0.2, -0.15) is 0 Å². The Morgan fingerprint density at radius 2 is 1.82 bits per heavy atom. The number of benzene rings is 1. The number of para-hydroxylation sites is 1. The Morgan fingerprint density at radius 3 is 2.45 bits per heavy atom. The monoisotopic (exact) mass is 304 g/mol. The molecule has 1 aromatic heterocycles. The number of methoxy groups -OCH3 is 1. The fourth-order valence-corrected chi connectivity index (χ4v) is 1.99. The molecule has 0 aliphatic heterocycles. The van der Waals surface area contributed by atoms with Gasteiger partial charge < -0.3 is 15.8 Å². The maximum atomic E-state index is 12.3. The smallest absolute Gasteiger partial charge is 0.332 e. The van der Waals surface area contributed by atoms with Gasteiger partial charge in [-0.25, -0.2) is 4.79 Å². The van der Waals surface area contributed by atoms with Gasteiger partial charge in [-0.1, -0.05) is 12.1 Å². The van der Waals surface area contributed by atoms with E-state index in [4.69, 9.17) is 10.5 Å². The van der Waals surface area contributed by atoms with E-state index in [1.54, 1.807) is 24.3 Å². The SMILES string of the molecule is COc1ccccc1C(=O)Nc1c(N)n(C)c(=O)n(C)c1=O. The number of anilines is 2. The third kappa shape index (κ3) is 2.46. The van der Waals surface area contributed by atoms with Crippen LogP contribution < -0.4 is 27.0 Å². The van der Waals surface area contributed by atoms with Gasteiger partial charge in [-0.05, 0) is 12.1 Å². The van der Waals surface area contributed by atoms with E-state index >= 15 is 0 Å². The summed E-state index contributed by atoms with van der Waals surface area (Å²) in [7, 11) is 4.16. The van der Waals surface area contributed by atoms with Gasteiger partial charge in [-0.15, -0.1) is 0 Å². The Kier molecular flexibility index (Phi) is 4.02. The van der Waals surface area contributed by atoms with E-state index in [2.05, 4.69) is 5.32 Å². The van der Waals surface area contributed by atoms with Crippen molar-refractivity contribution in [2.75, 3.05) is 18.2 Å². The summed E-state index contributed by atoms with van der Waals surface area (Å²) in [6, 6.07) is 6.56. The summed E-state index contributed by atoms with van der Waals surface area (Å²) in [5.74, 6) is -0.309. The lowest BCUT2D eigenvalue weighted by Gasteiger charge is -2.13. The quantitative estimate of drug-likeness (QED) is 0.825. The standard InChI is InChI=1S/C14H16N4O4/c1-17-11(15)10(13(20)18(2)14(17)21)16-12(19)8-6-4-5-7-9(8)22-3/h4-7H,15H2,1-3H3,(H,16,19). The zero-order valence-electron chi connectivity index (χ0n) is 12.4. The summed E-state index contributed by atoms with van der Waals surface area (Å²) in [6.45, 7) is 0. The van der Waals surface area contributed by atoms with Crippen LogP contribution in [0.4, 0.5) is 11.5 Å². The van der Waals surface area contributed by atoms with Gasteiger partial charge in [0.15, 0.2) is 0 Å². The second-order valence-corrected chi connectivity index (χ2v) is 4.62. The van der Waals surface area contributed by atoms with Crippen LogP contribution in [-0.2, 0) is 14.1 Å². The lowest BCUT2D eigenvalue weighted by atomic mass is 10.2. The molecule has 0 radical (unpaired) electrons. The van der Waals surface area contributed by atoms with E-state index in [-0.39, 0.29) is 17.1 Å². The minimum absolute atomic E-state index is 0.114. The topological polar surface area (TPSA) is 108 Å². The second kappa shape index (κ2) is 5.76. The van der Waals surface area contributed by atoms with Gasteiger partial charge in [0.25, 0.3) is 11.5 Å². The molecule has 22 heavy (non-hydrogen) atoms. The number of nitrogens with one attached hydrogen (secondary N) is 1. The minimum atomic E-state index is -0.677. The molecule has 0 fully saturated rings. The van der Waals surface area contributed by atoms with E-state index in [1.807, 2.05) is 0 Å². The number of hydrogen-bond donors (Lipinski definition) is 2. The molecule has 0 unspecified atom stereocenters. The molecule has 116 valence electrons.